The van der Waals surface area contributed by atoms with Gasteiger partial charge in [-0.15, -0.1) is 0 Å². The van der Waals surface area contributed by atoms with Crippen LogP contribution in [0, 0.1) is 0 Å². The monoisotopic (exact) mass is 252 g/mol. The van der Waals surface area contributed by atoms with Crippen molar-refractivity contribution in [1.82, 2.24) is 0 Å². The Labute approximate surface area is 105 Å². The van der Waals surface area contributed by atoms with E-state index >= 15 is 0 Å². The molecule has 17 heavy (non-hydrogen) atoms. The molecule has 0 fully saturated rings. The number of carboxylic acids is 1. The molecule has 0 bridgehead atoms. The fourth-order valence-corrected chi connectivity index (χ4v) is 3.13. The van der Waals surface area contributed by atoms with Crippen LogP contribution in [-0.2, 0) is 0 Å². The number of rotatable bonds is 4. The molecule has 1 heterocycles. The van der Waals surface area contributed by atoms with Crippen LogP contribution in [-0.4, -0.2) is 16.0 Å². The molecule has 92 valence electrons. The number of ether oxygens (including phenoxy) is 1. The fourth-order valence-electron chi connectivity index (χ4n) is 1.89. The lowest BCUT2D eigenvalue weighted by Gasteiger charge is -2.22. The summed E-state index contributed by atoms with van der Waals surface area (Å²) in [6.07, 6.45) is 3.23. The molecule has 0 amide bonds. The summed E-state index contributed by atoms with van der Waals surface area (Å²) in [6.45, 7) is 4.21. The number of unbranched alkanes of at least 4 members (excludes halogenated alkanes) is 1. The molecule has 0 saturated heterocycles. The van der Waals surface area contributed by atoms with Crippen LogP contribution >= 0.6 is 11.8 Å². The van der Waals surface area contributed by atoms with Gasteiger partial charge in [-0.25, -0.2) is 4.79 Å². The second-order valence-corrected chi connectivity index (χ2v) is 5.92. The maximum Gasteiger partial charge on any atom is 0.335 e. The Morgan fingerprint density at radius 3 is 2.94 bits per heavy atom. The van der Waals surface area contributed by atoms with Gasteiger partial charge in [-0.1, -0.05) is 25.1 Å². The molecule has 3 nitrogen and oxygen atoms in total. The first kappa shape index (κ1) is 12.3. The zero-order valence-corrected chi connectivity index (χ0v) is 10.8. The molecule has 1 aliphatic heterocycles. The van der Waals surface area contributed by atoms with E-state index in [0.29, 0.717) is 5.56 Å². The average molecular weight is 252 g/mol. The third-order valence-corrected chi connectivity index (χ3v) is 4.09. The van der Waals surface area contributed by atoms with E-state index in [2.05, 4.69) is 13.8 Å². The summed E-state index contributed by atoms with van der Waals surface area (Å²) in [5, 5.41) is 8.94. The van der Waals surface area contributed by atoms with E-state index in [-0.39, 0.29) is 4.93 Å². The lowest BCUT2D eigenvalue weighted by molar-refractivity contribution is 0.0696. The molecule has 1 aliphatic rings. The van der Waals surface area contributed by atoms with Crippen molar-refractivity contribution in [1.29, 1.82) is 0 Å². The molecular weight excluding hydrogens is 236 g/mol. The number of hydrogen-bond acceptors (Lipinski definition) is 3. The largest absolute Gasteiger partial charge is 0.478 e. The minimum Gasteiger partial charge on any atom is -0.478 e. The Morgan fingerprint density at radius 1 is 1.53 bits per heavy atom. The Kier molecular flexibility index (Phi) is 3.33. The van der Waals surface area contributed by atoms with Crippen molar-refractivity contribution < 1.29 is 14.6 Å². The maximum atomic E-state index is 10.9. The second kappa shape index (κ2) is 4.61. The van der Waals surface area contributed by atoms with Gasteiger partial charge < -0.3 is 9.84 Å². The predicted molar refractivity (Wildman–Crippen MR) is 67.8 cm³/mol. The van der Waals surface area contributed by atoms with Crippen molar-refractivity contribution in [2.45, 2.75) is 42.9 Å². The zero-order chi connectivity index (χ0) is 12.5. The molecule has 2 rings (SSSR count). The first-order valence-corrected chi connectivity index (χ1v) is 6.61. The highest BCUT2D eigenvalue weighted by Crippen LogP contribution is 2.49. The van der Waals surface area contributed by atoms with E-state index in [0.717, 1.165) is 29.9 Å². The van der Waals surface area contributed by atoms with Crippen LogP contribution in [0.1, 0.15) is 43.5 Å². The van der Waals surface area contributed by atoms with Crippen LogP contribution < -0.4 is 4.74 Å². The zero-order valence-electron chi connectivity index (χ0n) is 10.0. The standard InChI is InChI=1S/C13H16O3S/c1-3-4-7-13(2)16-10-6-5-9(12(14)15)8-11(10)17-13/h5-6,8H,3-4,7H2,1-2H3,(H,14,15). The van der Waals surface area contributed by atoms with Gasteiger partial charge in [0, 0.05) is 0 Å². The van der Waals surface area contributed by atoms with Crippen LogP contribution in [0.25, 0.3) is 0 Å². The molecule has 0 aromatic heterocycles. The number of fused-ring (bicyclic) bond motifs is 1. The van der Waals surface area contributed by atoms with Crippen LogP contribution in [0.2, 0.25) is 0 Å². The van der Waals surface area contributed by atoms with Crippen LogP contribution in [0.4, 0.5) is 0 Å². The molecule has 0 spiro atoms. The third kappa shape index (κ3) is 2.57. The molecule has 0 radical (unpaired) electrons. The van der Waals surface area contributed by atoms with Gasteiger partial charge in [-0.2, -0.15) is 0 Å². The SMILES string of the molecule is CCCCC1(C)Oc2ccc(C(=O)O)cc2S1. The Bertz CT molecular complexity index is 444. The Morgan fingerprint density at radius 2 is 2.29 bits per heavy atom. The highest BCUT2D eigenvalue weighted by molar-refractivity contribution is 8.00. The van der Waals surface area contributed by atoms with E-state index in [1.54, 1.807) is 30.0 Å². The summed E-state index contributed by atoms with van der Waals surface area (Å²) >= 11 is 1.62. The summed E-state index contributed by atoms with van der Waals surface area (Å²) in [7, 11) is 0. The quantitative estimate of drug-likeness (QED) is 0.886. The van der Waals surface area contributed by atoms with Gasteiger partial charge in [0.2, 0.25) is 0 Å². The molecule has 4 heteroatoms. The van der Waals surface area contributed by atoms with Crippen molar-refractivity contribution in [2.75, 3.05) is 0 Å². The lowest BCUT2D eigenvalue weighted by atomic mass is 10.2. The van der Waals surface area contributed by atoms with Gasteiger partial charge in [-0.3, -0.25) is 0 Å². The molecule has 1 N–H and O–H groups in total. The van der Waals surface area contributed by atoms with Gasteiger partial charge in [-0.05, 0) is 38.0 Å². The van der Waals surface area contributed by atoms with E-state index in [1.165, 1.54) is 0 Å². The molecule has 1 atom stereocenters. The first-order valence-electron chi connectivity index (χ1n) is 5.79. The van der Waals surface area contributed by atoms with Crippen molar-refractivity contribution >= 4 is 17.7 Å². The highest BCUT2D eigenvalue weighted by atomic mass is 32.2. The minimum atomic E-state index is -0.893. The molecule has 1 aromatic rings. The number of thioether (sulfide) groups is 1. The van der Waals surface area contributed by atoms with Crippen LogP contribution in [0.15, 0.2) is 23.1 Å². The Hall–Kier alpha value is -1.16. The molecule has 0 aliphatic carbocycles. The van der Waals surface area contributed by atoms with E-state index in [4.69, 9.17) is 9.84 Å². The van der Waals surface area contributed by atoms with Gasteiger partial charge >= 0.3 is 5.97 Å². The van der Waals surface area contributed by atoms with Gasteiger partial charge in [0.25, 0.3) is 0 Å². The average Bonchev–Trinajstić information content (AvgIpc) is 2.62. The Balaban J connectivity index is 2.18. The number of aromatic carboxylic acids is 1. The summed E-state index contributed by atoms with van der Waals surface area (Å²) < 4.78 is 5.90. The minimum absolute atomic E-state index is 0.241. The lowest BCUT2D eigenvalue weighted by Crippen LogP contribution is -2.23. The van der Waals surface area contributed by atoms with Crippen LogP contribution in [0.3, 0.4) is 0 Å². The molecular formula is C13H16O3S. The number of carbonyl (C=O) groups is 1. The van der Waals surface area contributed by atoms with Crippen molar-refractivity contribution in [3.8, 4) is 5.75 Å². The summed E-state index contributed by atoms with van der Waals surface area (Å²) in [6, 6.07) is 5.04. The normalized spacial score (nSPS) is 22.0. The molecule has 1 aromatic carbocycles. The van der Waals surface area contributed by atoms with Crippen LogP contribution in [0.5, 0.6) is 5.75 Å². The van der Waals surface area contributed by atoms with Crippen molar-refractivity contribution in [3.63, 3.8) is 0 Å². The van der Waals surface area contributed by atoms with E-state index < -0.39 is 5.97 Å². The first-order chi connectivity index (χ1) is 8.04. The van der Waals surface area contributed by atoms with Gasteiger partial charge in [0.05, 0.1) is 10.5 Å². The van der Waals surface area contributed by atoms with E-state index in [9.17, 15) is 4.79 Å². The van der Waals surface area contributed by atoms with Crippen molar-refractivity contribution in [2.24, 2.45) is 0 Å². The third-order valence-electron chi connectivity index (χ3n) is 2.83. The highest BCUT2D eigenvalue weighted by Gasteiger charge is 2.35. The maximum absolute atomic E-state index is 10.9. The molecule has 0 saturated carbocycles. The number of benzene rings is 1. The number of hydrogen-bond donors (Lipinski definition) is 1. The van der Waals surface area contributed by atoms with E-state index in [1.807, 2.05) is 0 Å². The smallest absolute Gasteiger partial charge is 0.335 e. The van der Waals surface area contributed by atoms with Gasteiger partial charge in [0.1, 0.15) is 5.75 Å². The summed E-state index contributed by atoms with van der Waals surface area (Å²) in [4.78, 5) is 11.6. The second-order valence-electron chi connectivity index (χ2n) is 4.41. The fraction of sp³-hybridized carbons (Fsp3) is 0.462. The molecule has 1 unspecified atom stereocenters. The topological polar surface area (TPSA) is 46.5 Å². The summed E-state index contributed by atoms with van der Waals surface area (Å²) in [5.41, 5.74) is 0.319. The predicted octanol–water partition coefficient (Wildman–Crippen LogP) is 3.78. The van der Waals surface area contributed by atoms with Crippen molar-refractivity contribution in [3.05, 3.63) is 23.8 Å². The number of carboxylic acid groups (broad SMARTS) is 1. The van der Waals surface area contributed by atoms with Gasteiger partial charge in [0.15, 0.2) is 4.93 Å². The summed E-state index contributed by atoms with van der Waals surface area (Å²) in [5.74, 6) is -0.0887.